The molecule has 1 aromatic rings. The number of nitrogens with zero attached hydrogens (tertiary/aromatic N) is 1. The van der Waals surface area contributed by atoms with Gasteiger partial charge in [0.25, 0.3) is 11.1 Å². The summed E-state index contributed by atoms with van der Waals surface area (Å²) in [5, 5.41) is -0.251. The molecule has 18 heavy (non-hydrogen) atoms. The molecule has 0 radical (unpaired) electrons. The molecule has 0 atom stereocenters. The molecule has 3 nitrogen and oxygen atoms in total. The lowest BCUT2D eigenvalue weighted by molar-refractivity contribution is -0.122. The SMILES string of the molecule is CCN1C(=O)S/C(=C(/C)c2ccc(F)cc2)C1=O. The second-order valence-electron chi connectivity index (χ2n) is 3.88. The van der Waals surface area contributed by atoms with Crippen LogP contribution >= 0.6 is 11.8 Å². The van der Waals surface area contributed by atoms with Crippen molar-refractivity contribution in [2.75, 3.05) is 6.54 Å². The van der Waals surface area contributed by atoms with Crippen LogP contribution in [0.5, 0.6) is 0 Å². The third-order valence-corrected chi connectivity index (χ3v) is 3.86. The first-order valence-electron chi connectivity index (χ1n) is 5.55. The van der Waals surface area contributed by atoms with Gasteiger partial charge in [-0.15, -0.1) is 0 Å². The van der Waals surface area contributed by atoms with Gasteiger partial charge >= 0.3 is 0 Å². The molecule has 0 N–H and O–H groups in total. The summed E-state index contributed by atoms with van der Waals surface area (Å²) in [4.78, 5) is 25.2. The molecule has 2 amide bonds. The number of rotatable bonds is 2. The zero-order valence-electron chi connectivity index (χ0n) is 10.1. The van der Waals surface area contributed by atoms with Gasteiger partial charge in [-0.1, -0.05) is 12.1 Å². The minimum Gasteiger partial charge on any atom is -0.269 e. The van der Waals surface area contributed by atoms with Crippen LogP contribution in [0.15, 0.2) is 29.2 Å². The van der Waals surface area contributed by atoms with Crippen LogP contribution in [0.1, 0.15) is 19.4 Å². The van der Waals surface area contributed by atoms with Crippen LogP contribution in [0.2, 0.25) is 0 Å². The van der Waals surface area contributed by atoms with Crippen molar-refractivity contribution in [3.05, 3.63) is 40.6 Å². The number of halogens is 1. The third-order valence-electron chi connectivity index (χ3n) is 2.78. The molecule has 0 aromatic heterocycles. The molecule has 1 heterocycles. The summed E-state index contributed by atoms with van der Waals surface area (Å²) in [6.07, 6.45) is 0. The fraction of sp³-hybridized carbons (Fsp3) is 0.231. The van der Waals surface area contributed by atoms with E-state index in [0.717, 1.165) is 17.3 Å². The highest BCUT2D eigenvalue weighted by Gasteiger charge is 2.35. The number of allylic oxidation sites excluding steroid dienone is 1. The van der Waals surface area contributed by atoms with E-state index in [4.69, 9.17) is 0 Å². The summed E-state index contributed by atoms with van der Waals surface area (Å²) in [5.74, 6) is -0.595. The fourth-order valence-corrected chi connectivity index (χ4v) is 2.70. The van der Waals surface area contributed by atoms with E-state index in [1.54, 1.807) is 26.0 Å². The van der Waals surface area contributed by atoms with Gasteiger partial charge in [-0.3, -0.25) is 14.5 Å². The Balaban J connectivity index is 2.40. The summed E-state index contributed by atoms with van der Waals surface area (Å²) in [6, 6.07) is 5.88. The van der Waals surface area contributed by atoms with Gasteiger partial charge in [0.05, 0.1) is 4.91 Å². The highest BCUT2D eigenvalue weighted by atomic mass is 32.2. The van der Waals surface area contributed by atoms with E-state index in [1.165, 1.54) is 17.0 Å². The summed E-state index contributed by atoms with van der Waals surface area (Å²) >= 11 is 0.937. The third kappa shape index (κ3) is 2.18. The molecule has 0 bridgehead atoms. The van der Waals surface area contributed by atoms with E-state index in [0.29, 0.717) is 17.0 Å². The summed E-state index contributed by atoms with van der Waals surface area (Å²) < 4.78 is 12.8. The van der Waals surface area contributed by atoms with Crippen LogP contribution in [0, 0.1) is 5.82 Å². The van der Waals surface area contributed by atoms with Crippen LogP contribution in [-0.4, -0.2) is 22.6 Å². The number of amides is 2. The van der Waals surface area contributed by atoms with E-state index >= 15 is 0 Å². The highest BCUT2D eigenvalue weighted by molar-refractivity contribution is 8.18. The number of benzene rings is 1. The first-order chi connectivity index (χ1) is 8.54. The van der Waals surface area contributed by atoms with Crippen LogP contribution in [0.4, 0.5) is 9.18 Å². The van der Waals surface area contributed by atoms with Crippen molar-refractivity contribution < 1.29 is 14.0 Å². The largest absolute Gasteiger partial charge is 0.293 e. The van der Waals surface area contributed by atoms with Crippen molar-refractivity contribution in [3.8, 4) is 0 Å². The Hall–Kier alpha value is -1.62. The van der Waals surface area contributed by atoms with Gasteiger partial charge in [-0.05, 0) is 48.9 Å². The van der Waals surface area contributed by atoms with Gasteiger partial charge in [-0.25, -0.2) is 4.39 Å². The van der Waals surface area contributed by atoms with Gasteiger partial charge in [0.1, 0.15) is 5.82 Å². The number of thioether (sulfide) groups is 1. The first kappa shape index (κ1) is 12.8. The quantitative estimate of drug-likeness (QED) is 0.770. The number of hydrogen-bond donors (Lipinski definition) is 0. The van der Waals surface area contributed by atoms with E-state index in [9.17, 15) is 14.0 Å². The Kier molecular flexibility index (Phi) is 3.52. The molecule has 0 saturated carbocycles. The zero-order valence-corrected chi connectivity index (χ0v) is 10.9. The summed E-state index contributed by atoms with van der Waals surface area (Å²) in [5.41, 5.74) is 1.45. The van der Waals surface area contributed by atoms with Crippen molar-refractivity contribution in [1.82, 2.24) is 4.90 Å². The molecule has 1 fully saturated rings. The highest BCUT2D eigenvalue weighted by Crippen LogP contribution is 2.36. The molecule has 0 spiro atoms. The maximum absolute atomic E-state index is 12.8. The number of imide groups is 1. The zero-order chi connectivity index (χ0) is 13.3. The van der Waals surface area contributed by atoms with Crippen molar-refractivity contribution in [1.29, 1.82) is 0 Å². The Morgan fingerprint density at radius 3 is 2.39 bits per heavy atom. The average molecular weight is 265 g/mol. The maximum atomic E-state index is 12.8. The molecule has 1 saturated heterocycles. The molecule has 1 aliphatic heterocycles. The molecular weight excluding hydrogens is 253 g/mol. The predicted molar refractivity (Wildman–Crippen MR) is 69.4 cm³/mol. The van der Waals surface area contributed by atoms with Crippen LogP contribution in [0.25, 0.3) is 5.57 Å². The first-order valence-corrected chi connectivity index (χ1v) is 6.36. The molecule has 94 valence electrons. The topological polar surface area (TPSA) is 37.4 Å². The molecular formula is C13H12FNO2S. The molecule has 1 aromatic carbocycles. The van der Waals surface area contributed by atoms with Crippen LogP contribution in [-0.2, 0) is 4.79 Å². The molecule has 0 aliphatic carbocycles. The number of carbonyl (C=O) groups excluding carboxylic acids is 2. The fourth-order valence-electron chi connectivity index (χ4n) is 1.73. The monoisotopic (exact) mass is 265 g/mol. The Morgan fingerprint density at radius 1 is 1.28 bits per heavy atom. The van der Waals surface area contributed by atoms with Crippen molar-refractivity contribution in [2.24, 2.45) is 0 Å². The lowest BCUT2D eigenvalue weighted by Crippen LogP contribution is -2.27. The number of hydrogen-bond acceptors (Lipinski definition) is 3. The minimum absolute atomic E-state index is 0.251. The minimum atomic E-state index is -0.326. The summed E-state index contributed by atoms with van der Waals surface area (Å²) in [6.45, 7) is 3.89. The van der Waals surface area contributed by atoms with E-state index in [1.807, 2.05) is 0 Å². The van der Waals surface area contributed by atoms with Crippen molar-refractivity contribution in [2.45, 2.75) is 13.8 Å². The molecule has 5 heteroatoms. The molecule has 1 aliphatic rings. The van der Waals surface area contributed by atoms with E-state index < -0.39 is 0 Å². The Bertz CT molecular complexity index is 536. The van der Waals surface area contributed by atoms with Gasteiger partial charge < -0.3 is 0 Å². The van der Waals surface area contributed by atoms with E-state index in [-0.39, 0.29) is 17.0 Å². The lowest BCUT2D eigenvalue weighted by atomic mass is 10.1. The van der Waals surface area contributed by atoms with Crippen molar-refractivity contribution >= 4 is 28.5 Å². The van der Waals surface area contributed by atoms with Crippen molar-refractivity contribution in [3.63, 3.8) is 0 Å². The van der Waals surface area contributed by atoms with Gasteiger partial charge in [0.15, 0.2) is 0 Å². The Labute approximate surface area is 109 Å². The molecule has 2 rings (SSSR count). The predicted octanol–water partition coefficient (Wildman–Crippen LogP) is 3.27. The van der Waals surface area contributed by atoms with E-state index in [2.05, 4.69) is 0 Å². The number of carbonyl (C=O) groups is 2. The maximum Gasteiger partial charge on any atom is 0.293 e. The Morgan fingerprint density at radius 2 is 1.89 bits per heavy atom. The van der Waals surface area contributed by atoms with Gasteiger partial charge in [0.2, 0.25) is 0 Å². The second kappa shape index (κ2) is 4.94. The van der Waals surface area contributed by atoms with Gasteiger partial charge in [0, 0.05) is 6.54 Å². The van der Waals surface area contributed by atoms with Crippen LogP contribution < -0.4 is 0 Å². The normalized spacial score (nSPS) is 18.5. The van der Waals surface area contributed by atoms with Gasteiger partial charge in [-0.2, -0.15) is 0 Å². The van der Waals surface area contributed by atoms with Crippen LogP contribution in [0.3, 0.4) is 0 Å². The second-order valence-corrected chi connectivity index (χ2v) is 4.84. The number of likely N-dealkylation sites (N-methyl/N-ethyl adjacent to an activating group) is 1. The summed E-state index contributed by atoms with van der Waals surface area (Å²) in [7, 11) is 0. The smallest absolute Gasteiger partial charge is 0.269 e. The standard InChI is InChI=1S/C13H12FNO2S/c1-3-15-12(16)11(18-13(15)17)8(2)9-4-6-10(14)7-5-9/h4-7H,3H2,1-2H3/b11-8-. The lowest BCUT2D eigenvalue weighted by Gasteiger charge is -2.08. The average Bonchev–Trinajstić information content (AvgIpc) is 2.64. The molecule has 0 unspecified atom stereocenters.